The Morgan fingerprint density at radius 3 is 2.85 bits per heavy atom. The number of hydrogen-bond donors (Lipinski definition) is 2. The molecular formula is C7H10ClN3O2. The minimum absolute atomic E-state index is 0.0148. The van der Waals surface area contributed by atoms with Crippen LogP contribution in [0, 0.1) is 0 Å². The quantitative estimate of drug-likeness (QED) is 0.774. The zero-order valence-electron chi connectivity index (χ0n) is 7.12. The van der Waals surface area contributed by atoms with Crippen LogP contribution >= 0.6 is 11.6 Å². The zero-order valence-corrected chi connectivity index (χ0v) is 7.88. The molecule has 1 heterocycles. The Hall–Kier alpha value is -1.23. The number of carboxylic acid groups (broad SMARTS) is 1. The number of halogens is 1. The molecule has 13 heavy (non-hydrogen) atoms. The molecule has 0 aliphatic carbocycles. The molecule has 1 aromatic rings. The summed E-state index contributed by atoms with van der Waals surface area (Å²) < 4.78 is 1.31. The Morgan fingerprint density at radius 2 is 2.38 bits per heavy atom. The van der Waals surface area contributed by atoms with Crippen molar-refractivity contribution in [3.05, 3.63) is 10.7 Å². The topological polar surface area (TPSA) is 81.1 Å². The lowest BCUT2D eigenvalue weighted by molar-refractivity contribution is 0.0683. The van der Waals surface area contributed by atoms with Gasteiger partial charge in [-0.25, -0.2) is 4.79 Å². The second-order valence-electron chi connectivity index (χ2n) is 2.58. The van der Waals surface area contributed by atoms with E-state index >= 15 is 0 Å². The van der Waals surface area contributed by atoms with Crippen molar-refractivity contribution in [2.45, 2.75) is 19.9 Å². The third-order valence-corrected chi connectivity index (χ3v) is 1.93. The summed E-state index contributed by atoms with van der Waals surface area (Å²) in [5.41, 5.74) is 5.34. The molecule has 0 fully saturated rings. The predicted molar refractivity (Wildman–Crippen MR) is 48.9 cm³/mol. The maximum absolute atomic E-state index is 10.7. The maximum Gasteiger partial charge on any atom is 0.355 e. The summed E-state index contributed by atoms with van der Waals surface area (Å²) in [4.78, 5) is 10.7. The number of aromatic nitrogens is 2. The highest BCUT2D eigenvalue weighted by molar-refractivity contribution is 6.35. The van der Waals surface area contributed by atoms with Crippen molar-refractivity contribution in [3.8, 4) is 0 Å². The van der Waals surface area contributed by atoms with Gasteiger partial charge in [0.15, 0.2) is 11.5 Å². The molecule has 5 nitrogen and oxygen atoms in total. The van der Waals surface area contributed by atoms with Crippen LogP contribution in [0.1, 0.15) is 23.8 Å². The highest BCUT2D eigenvalue weighted by atomic mass is 35.5. The van der Waals surface area contributed by atoms with E-state index in [9.17, 15) is 4.79 Å². The van der Waals surface area contributed by atoms with Gasteiger partial charge in [0.25, 0.3) is 0 Å². The second-order valence-corrected chi connectivity index (χ2v) is 2.95. The van der Waals surface area contributed by atoms with Gasteiger partial charge >= 0.3 is 5.97 Å². The van der Waals surface area contributed by atoms with E-state index in [-0.39, 0.29) is 16.5 Å². The molecule has 1 aromatic heterocycles. The summed E-state index contributed by atoms with van der Waals surface area (Å²) in [6, 6.07) is 0. The molecule has 6 heteroatoms. The molecule has 0 saturated carbocycles. The molecule has 0 bridgehead atoms. The third-order valence-electron chi connectivity index (χ3n) is 1.56. The predicted octanol–water partition coefficient (Wildman–Crippen LogP) is 1.23. The summed E-state index contributed by atoms with van der Waals surface area (Å²) in [5, 5.41) is 12.6. The molecule has 0 amide bonds. The summed E-state index contributed by atoms with van der Waals surface area (Å²) in [5.74, 6) is -1.05. The zero-order chi connectivity index (χ0) is 10.0. The van der Waals surface area contributed by atoms with E-state index in [0.29, 0.717) is 6.54 Å². The Kier molecular flexibility index (Phi) is 2.77. The van der Waals surface area contributed by atoms with Gasteiger partial charge in [0.05, 0.1) is 0 Å². The molecule has 0 aliphatic heterocycles. The van der Waals surface area contributed by atoms with Gasteiger partial charge in [-0.05, 0) is 6.42 Å². The van der Waals surface area contributed by atoms with E-state index in [4.69, 9.17) is 22.4 Å². The van der Waals surface area contributed by atoms with Gasteiger partial charge in [0, 0.05) is 6.54 Å². The average Bonchev–Trinajstić information content (AvgIpc) is 2.28. The van der Waals surface area contributed by atoms with E-state index < -0.39 is 5.97 Å². The minimum Gasteiger partial charge on any atom is -0.476 e. The molecule has 72 valence electrons. The second kappa shape index (κ2) is 3.66. The highest BCUT2D eigenvalue weighted by Gasteiger charge is 2.19. The van der Waals surface area contributed by atoms with Gasteiger partial charge in [-0.15, -0.1) is 0 Å². The summed E-state index contributed by atoms with van der Waals surface area (Å²) in [6.45, 7) is 2.41. The highest BCUT2D eigenvalue weighted by Crippen LogP contribution is 2.22. The van der Waals surface area contributed by atoms with E-state index in [1.165, 1.54) is 4.68 Å². The van der Waals surface area contributed by atoms with Gasteiger partial charge < -0.3 is 10.8 Å². The van der Waals surface area contributed by atoms with Crippen LogP contribution in [0.4, 0.5) is 5.82 Å². The number of aryl methyl sites for hydroxylation is 1. The lowest BCUT2D eigenvalue weighted by Gasteiger charge is -2.00. The Bertz CT molecular complexity index is 335. The molecule has 0 saturated heterocycles. The first-order chi connectivity index (χ1) is 6.07. The molecular weight excluding hydrogens is 194 g/mol. The van der Waals surface area contributed by atoms with Crippen LogP contribution in [0.25, 0.3) is 0 Å². The van der Waals surface area contributed by atoms with Gasteiger partial charge in [-0.3, -0.25) is 4.68 Å². The van der Waals surface area contributed by atoms with Crippen molar-refractivity contribution in [2.24, 2.45) is 0 Å². The molecule has 0 radical (unpaired) electrons. The first-order valence-corrected chi connectivity index (χ1v) is 4.20. The number of nitrogen functional groups attached to an aromatic ring is 1. The lowest BCUT2D eigenvalue weighted by atomic mass is 10.4. The average molecular weight is 204 g/mol. The van der Waals surface area contributed by atoms with Gasteiger partial charge in [-0.1, -0.05) is 18.5 Å². The van der Waals surface area contributed by atoms with Crippen LogP contribution in [0.2, 0.25) is 5.02 Å². The number of carboxylic acids is 1. The number of aromatic carboxylic acids is 1. The van der Waals surface area contributed by atoms with E-state index in [0.717, 1.165) is 6.42 Å². The van der Waals surface area contributed by atoms with Gasteiger partial charge in [-0.2, -0.15) is 5.10 Å². The van der Waals surface area contributed by atoms with Crippen LogP contribution in [0.15, 0.2) is 0 Å². The minimum atomic E-state index is -1.11. The monoisotopic (exact) mass is 203 g/mol. The van der Waals surface area contributed by atoms with E-state index in [1.54, 1.807) is 0 Å². The molecule has 3 N–H and O–H groups in total. The maximum atomic E-state index is 10.7. The summed E-state index contributed by atoms with van der Waals surface area (Å²) in [6.07, 6.45) is 0.776. The van der Waals surface area contributed by atoms with Crippen molar-refractivity contribution >= 4 is 23.4 Å². The van der Waals surface area contributed by atoms with Gasteiger partial charge in [0.1, 0.15) is 5.02 Å². The normalized spacial score (nSPS) is 10.3. The first kappa shape index (κ1) is 9.85. The van der Waals surface area contributed by atoms with Crippen LogP contribution < -0.4 is 5.73 Å². The molecule has 0 atom stereocenters. The molecule has 1 rings (SSSR count). The fourth-order valence-electron chi connectivity index (χ4n) is 1.04. The molecule has 0 spiro atoms. The number of carbonyl (C=O) groups is 1. The van der Waals surface area contributed by atoms with Crippen molar-refractivity contribution in [1.29, 1.82) is 0 Å². The number of rotatable bonds is 3. The smallest absolute Gasteiger partial charge is 0.355 e. The van der Waals surface area contributed by atoms with Crippen LogP contribution in [-0.4, -0.2) is 20.9 Å². The number of anilines is 1. The molecule has 0 aliphatic rings. The fraction of sp³-hybridized carbons (Fsp3) is 0.429. The first-order valence-electron chi connectivity index (χ1n) is 3.83. The summed E-state index contributed by atoms with van der Waals surface area (Å²) >= 11 is 5.66. The van der Waals surface area contributed by atoms with Crippen LogP contribution in [0.5, 0.6) is 0 Å². The Morgan fingerprint density at radius 1 is 1.77 bits per heavy atom. The summed E-state index contributed by atoms with van der Waals surface area (Å²) in [7, 11) is 0. The lowest BCUT2D eigenvalue weighted by Crippen LogP contribution is -2.09. The van der Waals surface area contributed by atoms with Crippen molar-refractivity contribution in [2.75, 3.05) is 5.73 Å². The van der Waals surface area contributed by atoms with Gasteiger partial charge in [0.2, 0.25) is 0 Å². The fourth-order valence-corrected chi connectivity index (χ4v) is 1.25. The Labute approximate surface area is 80.1 Å². The molecule has 0 aromatic carbocycles. The third kappa shape index (κ3) is 1.75. The SMILES string of the molecule is CCCn1nc(N)c(Cl)c1C(=O)O. The van der Waals surface area contributed by atoms with Crippen molar-refractivity contribution < 1.29 is 9.90 Å². The van der Waals surface area contributed by atoms with E-state index in [2.05, 4.69) is 5.10 Å². The standard InChI is InChI=1S/C7H10ClN3O2/c1-2-3-11-5(7(12)13)4(8)6(9)10-11/h2-3H2,1H3,(H2,9,10)(H,12,13). The Balaban J connectivity index is 3.18. The number of nitrogens with two attached hydrogens (primary N) is 1. The van der Waals surface area contributed by atoms with E-state index in [1.807, 2.05) is 6.92 Å². The number of nitrogens with zero attached hydrogens (tertiary/aromatic N) is 2. The molecule has 0 unspecified atom stereocenters. The van der Waals surface area contributed by atoms with Crippen LogP contribution in [0.3, 0.4) is 0 Å². The van der Waals surface area contributed by atoms with Crippen molar-refractivity contribution in [1.82, 2.24) is 9.78 Å². The van der Waals surface area contributed by atoms with Crippen molar-refractivity contribution in [3.63, 3.8) is 0 Å². The van der Waals surface area contributed by atoms with Crippen LogP contribution in [-0.2, 0) is 6.54 Å². The largest absolute Gasteiger partial charge is 0.476 e. The number of hydrogen-bond acceptors (Lipinski definition) is 3.